The zero-order valence-corrected chi connectivity index (χ0v) is 14.6. The number of rotatable bonds is 5. The molecular formula is C18H33N3O2. The molecule has 0 aromatic carbocycles. The topological polar surface area (TPSA) is 53.6 Å². The maximum absolute atomic E-state index is 12.0. The molecule has 1 aliphatic carbocycles. The van der Waals surface area contributed by atoms with E-state index < -0.39 is 0 Å². The number of urea groups is 1. The molecule has 0 spiro atoms. The minimum absolute atomic E-state index is 0.000754. The molecule has 3 unspecified atom stereocenters. The van der Waals surface area contributed by atoms with E-state index in [0.717, 1.165) is 38.8 Å². The highest BCUT2D eigenvalue weighted by atomic mass is 16.5. The lowest BCUT2D eigenvalue weighted by Gasteiger charge is -2.47. The van der Waals surface area contributed by atoms with Gasteiger partial charge < -0.3 is 15.4 Å². The molecule has 3 rings (SSSR count). The van der Waals surface area contributed by atoms with E-state index in [1.165, 1.54) is 45.1 Å². The Labute approximate surface area is 140 Å². The van der Waals surface area contributed by atoms with Crippen molar-refractivity contribution in [3.63, 3.8) is 0 Å². The number of carbonyl (C=O) groups is 1. The van der Waals surface area contributed by atoms with Crippen molar-refractivity contribution in [2.24, 2.45) is 11.8 Å². The zero-order chi connectivity index (χ0) is 16.1. The molecule has 0 radical (unpaired) electrons. The van der Waals surface area contributed by atoms with Gasteiger partial charge in [0, 0.05) is 44.9 Å². The Morgan fingerprint density at radius 1 is 1.09 bits per heavy atom. The lowest BCUT2D eigenvalue weighted by atomic mass is 9.89. The summed E-state index contributed by atoms with van der Waals surface area (Å²) < 4.78 is 5.46. The van der Waals surface area contributed by atoms with Gasteiger partial charge in [0.2, 0.25) is 0 Å². The summed E-state index contributed by atoms with van der Waals surface area (Å²) in [5.74, 6) is 1.09. The third-order valence-corrected chi connectivity index (χ3v) is 6.07. The Morgan fingerprint density at radius 3 is 2.57 bits per heavy atom. The highest BCUT2D eigenvalue weighted by molar-refractivity contribution is 5.73. The number of nitrogens with one attached hydrogen (secondary N) is 2. The molecule has 1 saturated carbocycles. The number of likely N-dealkylation sites (tertiary alicyclic amines) is 1. The van der Waals surface area contributed by atoms with Crippen LogP contribution in [0, 0.1) is 11.8 Å². The summed E-state index contributed by atoms with van der Waals surface area (Å²) in [6.07, 6.45) is 9.15. The number of ether oxygens (including phenoxy) is 1. The monoisotopic (exact) mass is 323 g/mol. The summed E-state index contributed by atoms with van der Waals surface area (Å²) in [7, 11) is 0. The van der Waals surface area contributed by atoms with Crippen molar-refractivity contribution in [3.8, 4) is 0 Å². The van der Waals surface area contributed by atoms with E-state index in [9.17, 15) is 4.79 Å². The van der Waals surface area contributed by atoms with Crippen LogP contribution in [0.4, 0.5) is 4.79 Å². The lowest BCUT2D eigenvalue weighted by Crippen LogP contribution is -2.58. The van der Waals surface area contributed by atoms with Gasteiger partial charge in [-0.05, 0) is 37.5 Å². The van der Waals surface area contributed by atoms with Crippen molar-refractivity contribution >= 4 is 6.03 Å². The summed E-state index contributed by atoms with van der Waals surface area (Å²) in [6, 6.07) is 1.33. The van der Waals surface area contributed by atoms with Crippen LogP contribution >= 0.6 is 0 Å². The maximum Gasteiger partial charge on any atom is 0.314 e. The molecule has 2 amide bonds. The van der Waals surface area contributed by atoms with Gasteiger partial charge in [-0.1, -0.05) is 26.2 Å². The average molecular weight is 323 g/mol. The summed E-state index contributed by atoms with van der Waals surface area (Å²) in [6.45, 7) is 6.65. The largest absolute Gasteiger partial charge is 0.381 e. The van der Waals surface area contributed by atoms with Gasteiger partial charge in [0.05, 0.1) is 0 Å². The maximum atomic E-state index is 12.0. The normalized spacial score (nSPS) is 33.0. The van der Waals surface area contributed by atoms with Crippen LogP contribution in [0.5, 0.6) is 0 Å². The van der Waals surface area contributed by atoms with Crippen LogP contribution in [0.3, 0.4) is 0 Å². The summed E-state index contributed by atoms with van der Waals surface area (Å²) >= 11 is 0. The number of carbonyl (C=O) groups excluding carboxylic acids is 1. The highest BCUT2D eigenvalue weighted by Gasteiger charge is 2.34. The Morgan fingerprint density at radius 2 is 1.87 bits per heavy atom. The van der Waals surface area contributed by atoms with Gasteiger partial charge >= 0.3 is 6.03 Å². The fourth-order valence-electron chi connectivity index (χ4n) is 4.30. The fourth-order valence-corrected chi connectivity index (χ4v) is 4.30. The number of nitrogens with zero attached hydrogens (tertiary/aromatic N) is 1. The molecule has 3 atom stereocenters. The van der Waals surface area contributed by atoms with Crippen LogP contribution in [0.2, 0.25) is 0 Å². The van der Waals surface area contributed by atoms with Crippen molar-refractivity contribution in [2.45, 2.75) is 64.0 Å². The number of amides is 2. The average Bonchev–Trinajstić information content (AvgIpc) is 2.54. The third-order valence-electron chi connectivity index (χ3n) is 6.07. The Kier molecular flexibility index (Phi) is 6.17. The van der Waals surface area contributed by atoms with Crippen LogP contribution < -0.4 is 10.6 Å². The predicted octanol–water partition coefficient (Wildman–Crippen LogP) is 2.37. The first kappa shape index (κ1) is 17.0. The van der Waals surface area contributed by atoms with Crippen LogP contribution in [0.1, 0.15) is 51.9 Å². The molecule has 23 heavy (non-hydrogen) atoms. The molecule has 0 aromatic heterocycles. The van der Waals surface area contributed by atoms with E-state index in [1.54, 1.807) is 0 Å². The Hall–Kier alpha value is -0.810. The second kappa shape index (κ2) is 8.34. The van der Waals surface area contributed by atoms with E-state index >= 15 is 0 Å². The van der Waals surface area contributed by atoms with Crippen molar-refractivity contribution in [1.82, 2.24) is 15.5 Å². The van der Waals surface area contributed by atoms with Gasteiger partial charge in [0.15, 0.2) is 0 Å². The fraction of sp³-hybridized carbons (Fsp3) is 0.944. The summed E-state index contributed by atoms with van der Waals surface area (Å²) in [4.78, 5) is 14.7. The van der Waals surface area contributed by atoms with Crippen LogP contribution in [0.25, 0.3) is 0 Å². The molecule has 5 nitrogen and oxygen atoms in total. The summed E-state index contributed by atoms with van der Waals surface area (Å²) in [5, 5.41) is 6.14. The quantitative estimate of drug-likeness (QED) is 0.817. The van der Waals surface area contributed by atoms with E-state index in [1.807, 2.05) is 0 Å². The SMILES string of the molecule is CC1COCCC1CNC(=O)NCC1CCN1C1CCCCC1. The first-order chi connectivity index (χ1) is 11.2. The Balaban J connectivity index is 1.32. The van der Waals surface area contributed by atoms with Gasteiger partial charge in [-0.3, -0.25) is 4.90 Å². The van der Waals surface area contributed by atoms with Gasteiger partial charge in [0.1, 0.15) is 0 Å². The molecule has 2 heterocycles. The molecule has 2 N–H and O–H groups in total. The smallest absolute Gasteiger partial charge is 0.314 e. The van der Waals surface area contributed by atoms with E-state index in [4.69, 9.17) is 4.74 Å². The van der Waals surface area contributed by atoms with Crippen LogP contribution in [0.15, 0.2) is 0 Å². The minimum Gasteiger partial charge on any atom is -0.381 e. The van der Waals surface area contributed by atoms with E-state index in [2.05, 4.69) is 22.5 Å². The number of hydrogen-bond donors (Lipinski definition) is 2. The third kappa shape index (κ3) is 4.60. The van der Waals surface area contributed by atoms with Crippen LogP contribution in [-0.2, 0) is 4.74 Å². The van der Waals surface area contributed by atoms with Gasteiger partial charge in [-0.25, -0.2) is 4.79 Å². The van der Waals surface area contributed by atoms with Crippen molar-refractivity contribution < 1.29 is 9.53 Å². The molecule has 3 fully saturated rings. The molecule has 132 valence electrons. The molecule has 0 bridgehead atoms. The Bertz CT molecular complexity index is 384. The first-order valence-corrected chi connectivity index (χ1v) is 9.59. The second-order valence-electron chi connectivity index (χ2n) is 7.66. The summed E-state index contributed by atoms with van der Waals surface area (Å²) in [5.41, 5.74) is 0. The minimum atomic E-state index is -0.000754. The molecular weight excluding hydrogens is 290 g/mol. The first-order valence-electron chi connectivity index (χ1n) is 9.59. The standard InChI is InChI=1S/C18H33N3O2/c1-14-13-23-10-8-15(14)11-19-18(22)20-12-17-7-9-21(17)16-5-3-2-4-6-16/h14-17H,2-13H2,1H3,(H2,19,20,22). The van der Waals surface area contributed by atoms with Crippen molar-refractivity contribution in [2.75, 3.05) is 32.8 Å². The molecule has 5 heteroatoms. The van der Waals surface area contributed by atoms with Crippen LogP contribution in [-0.4, -0.2) is 55.9 Å². The number of hydrogen-bond acceptors (Lipinski definition) is 3. The van der Waals surface area contributed by atoms with E-state index in [0.29, 0.717) is 17.9 Å². The van der Waals surface area contributed by atoms with Gasteiger partial charge in [-0.15, -0.1) is 0 Å². The lowest BCUT2D eigenvalue weighted by molar-refractivity contribution is 0.0234. The highest BCUT2D eigenvalue weighted by Crippen LogP contribution is 2.29. The molecule has 0 aromatic rings. The van der Waals surface area contributed by atoms with Crippen molar-refractivity contribution in [3.05, 3.63) is 0 Å². The van der Waals surface area contributed by atoms with Gasteiger partial charge in [0.25, 0.3) is 0 Å². The second-order valence-corrected chi connectivity index (χ2v) is 7.66. The zero-order valence-electron chi connectivity index (χ0n) is 14.6. The predicted molar refractivity (Wildman–Crippen MR) is 91.5 cm³/mol. The van der Waals surface area contributed by atoms with Crippen molar-refractivity contribution in [1.29, 1.82) is 0 Å². The molecule has 2 saturated heterocycles. The van der Waals surface area contributed by atoms with E-state index in [-0.39, 0.29) is 6.03 Å². The molecule has 2 aliphatic heterocycles. The van der Waals surface area contributed by atoms with Gasteiger partial charge in [-0.2, -0.15) is 0 Å². The molecule has 3 aliphatic rings.